The number of nitrogens with zero attached hydrogens (tertiary/aromatic N) is 2. The summed E-state index contributed by atoms with van der Waals surface area (Å²) in [7, 11) is 0. The van der Waals surface area contributed by atoms with Gasteiger partial charge in [0.05, 0.1) is 5.56 Å². The molecule has 1 heterocycles. The Morgan fingerprint density at radius 1 is 1.43 bits per heavy atom. The van der Waals surface area contributed by atoms with E-state index in [0.717, 1.165) is 12.3 Å². The van der Waals surface area contributed by atoms with Crippen LogP contribution in [-0.4, -0.2) is 11.3 Å². The largest absolute Gasteiger partial charge is 0.574 e. The molecule has 14 heavy (non-hydrogen) atoms. The highest BCUT2D eigenvalue weighted by atomic mass is 19.4. The van der Waals surface area contributed by atoms with Gasteiger partial charge in [0.15, 0.2) is 0 Å². The third-order valence-corrected chi connectivity index (χ3v) is 1.19. The summed E-state index contributed by atoms with van der Waals surface area (Å²) in [4.78, 5) is 3.00. The molecule has 1 aromatic rings. The van der Waals surface area contributed by atoms with Crippen LogP contribution in [0.3, 0.4) is 0 Å². The fourth-order valence-electron chi connectivity index (χ4n) is 0.692. The van der Waals surface area contributed by atoms with Gasteiger partial charge >= 0.3 is 6.36 Å². The molecule has 0 aliphatic heterocycles. The quantitative estimate of drug-likeness (QED) is 0.660. The first kappa shape index (κ1) is 10.2. The minimum atomic E-state index is -5.03. The van der Waals surface area contributed by atoms with Crippen LogP contribution in [0.5, 0.6) is 5.88 Å². The lowest BCUT2D eigenvalue weighted by Crippen LogP contribution is -2.19. The Bertz CT molecular complexity index is 382. The summed E-state index contributed by atoms with van der Waals surface area (Å²) in [5, 5.41) is 8.29. The van der Waals surface area contributed by atoms with Crippen molar-refractivity contribution in [2.24, 2.45) is 0 Å². The molecule has 0 bridgehead atoms. The van der Waals surface area contributed by atoms with Crippen LogP contribution < -0.4 is 4.74 Å². The van der Waals surface area contributed by atoms with Gasteiger partial charge in [0.1, 0.15) is 6.07 Å². The van der Waals surface area contributed by atoms with Crippen molar-refractivity contribution in [2.45, 2.75) is 6.36 Å². The van der Waals surface area contributed by atoms with Gasteiger partial charge < -0.3 is 4.74 Å². The maximum atomic E-state index is 12.9. The van der Waals surface area contributed by atoms with Gasteiger partial charge in [0.2, 0.25) is 5.82 Å². The van der Waals surface area contributed by atoms with Crippen molar-refractivity contribution < 1.29 is 22.3 Å². The molecule has 1 rings (SSSR count). The zero-order valence-corrected chi connectivity index (χ0v) is 6.47. The predicted octanol–water partition coefficient (Wildman–Crippen LogP) is 1.99. The lowest BCUT2D eigenvalue weighted by molar-refractivity contribution is -0.277. The van der Waals surface area contributed by atoms with Gasteiger partial charge in [-0.3, -0.25) is 0 Å². The molecule has 0 fully saturated rings. The van der Waals surface area contributed by atoms with Crippen LogP contribution >= 0.6 is 0 Å². The lowest BCUT2D eigenvalue weighted by atomic mass is 10.3. The van der Waals surface area contributed by atoms with E-state index in [1.165, 1.54) is 6.07 Å². The second kappa shape index (κ2) is 3.49. The molecule has 3 nitrogen and oxygen atoms in total. The zero-order valence-electron chi connectivity index (χ0n) is 6.47. The Morgan fingerprint density at radius 3 is 2.57 bits per heavy atom. The molecule has 0 amide bonds. The molecule has 0 spiro atoms. The highest BCUT2D eigenvalue weighted by Gasteiger charge is 2.33. The maximum Gasteiger partial charge on any atom is 0.574 e. The van der Waals surface area contributed by atoms with Crippen LogP contribution in [0.4, 0.5) is 17.6 Å². The van der Waals surface area contributed by atoms with Crippen LogP contribution in [-0.2, 0) is 0 Å². The van der Waals surface area contributed by atoms with Crippen molar-refractivity contribution in [3.63, 3.8) is 0 Å². The van der Waals surface area contributed by atoms with Gasteiger partial charge in [0, 0.05) is 6.20 Å². The summed E-state index contributed by atoms with van der Waals surface area (Å²) in [5.74, 6) is -2.68. The Labute approximate surface area is 75.5 Å². The summed E-state index contributed by atoms with van der Waals surface area (Å²) < 4.78 is 51.1. The Kier molecular flexibility index (Phi) is 2.56. The van der Waals surface area contributed by atoms with Gasteiger partial charge in [-0.15, -0.1) is 13.2 Å². The van der Waals surface area contributed by atoms with Gasteiger partial charge in [-0.1, -0.05) is 0 Å². The molecule has 0 unspecified atom stereocenters. The molecule has 0 saturated carbocycles. The normalized spacial score (nSPS) is 10.8. The molecule has 0 aromatic carbocycles. The van der Waals surface area contributed by atoms with Crippen molar-refractivity contribution in [1.29, 1.82) is 5.26 Å². The minimum absolute atomic E-state index is 0.556. The van der Waals surface area contributed by atoms with Crippen LogP contribution in [0.25, 0.3) is 0 Å². The van der Waals surface area contributed by atoms with Crippen molar-refractivity contribution in [1.82, 2.24) is 4.98 Å². The van der Waals surface area contributed by atoms with E-state index in [-0.39, 0.29) is 0 Å². The summed E-state index contributed by atoms with van der Waals surface area (Å²) in [6.45, 7) is 0. The molecule has 0 radical (unpaired) electrons. The van der Waals surface area contributed by atoms with Crippen LogP contribution in [0.15, 0.2) is 12.3 Å². The average molecular weight is 206 g/mol. The third-order valence-electron chi connectivity index (χ3n) is 1.19. The molecule has 0 saturated heterocycles. The second-order valence-electron chi connectivity index (χ2n) is 2.14. The van der Waals surface area contributed by atoms with E-state index >= 15 is 0 Å². The van der Waals surface area contributed by atoms with Gasteiger partial charge in [-0.25, -0.2) is 4.98 Å². The number of pyridine rings is 1. The molecule has 0 aliphatic carbocycles. The predicted molar refractivity (Wildman–Crippen MR) is 35.6 cm³/mol. The van der Waals surface area contributed by atoms with Crippen LogP contribution in [0, 0.1) is 17.1 Å². The minimum Gasteiger partial charge on any atom is -0.385 e. The summed E-state index contributed by atoms with van der Waals surface area (Å²) in [6, 6.07) is 2.30. The topological polar surface area (TPSA) is 45.9 Å². The number of ether oxygens (including phenoxy) is 1. The molecule has 0 aliphatic rings. The zero-order chi connectivity index (χ0) is 10.8. The van der Waals surface area contributed by atoms with Gasteiger partial charge in [-0.05, 0) is 6.07 Å². The third kappa shape index (κ3) is 2.32. The molecule has 7 heteroatoms. The molecular formula is C7H2F4N2O. The van der Waals surface area contributed by atoms with E-state index < -0.39 is 23.6 Å². The molecule has 0 N–H and O–H groups in total. The van der Waals surface area contributed by atoms with Crippen molar-refractivity contribution >= 4 is 0 Å². The summed E-state index contributed by atoms with van der Waals surface area (Å²) in [6.07, 6.45) is -4.18. The number of alkyl halides is 3. The van der Waals surface area contributed by atoms with Gasteiger partial charge in [0.25, 0.3) is 5.88 Å². The number of aromatic nitrogens is 1. The number of rotatable bonds is 1. The second-order valence-corrected chi connectivity index (χ2v) is 2.14. The van der Waals surface area contributed by atoms with E-state index in [2.05, 4.69) is 9.72 Å². The standard InChI is InChI=1S/C7H2F4N2O/c8-5-4(3-12)1-2-13-6(5)14-7(9,10)11/h1-2H. The first-order valence-electron chi connectivity index (χ1n) is 3.24. The van der Waals surface area contributed by atoms with E-state index in [4.69, 9.17) is 5.26 Å². The molecule has 74 valence electrons. The molecule has 0 atom stereocenters. The average Bonchev–Trinajstić information content (AvgIpc) is 2.06. The van der Waals surface area contributed by atoms with Gasteiger partial charge in [-0.2, -0.15) is 9.65 Å². The number of hydrogen-bond acceptors (Lipinski definition) is 3. The highest BCUT2D eigenvalue weighted by Crippen LogP contribution is 2.24. The SMILES string of the molecule is N#Cc1ccnc(OC(F)(F)F)c1F. The Morgan fingerprint density at radius 2 is 2.07 bits per heavy atom. The van der Waals surface area contributed by atoms with E-state index in [1.54, 1.807) is 0 Å². The summed E-state index contributed by atoms with van der Waals surface area (Å²) in [5.41, 5.74) is -0.556. The maximum absolute atomic E-state index is 12.9. The van der Waals surface area contributed by atoms with Crippen molar-refractivity contribution in [2.75, 3.05) is 0 Å². The van der Waals surface area contributed by atoms with E-state index in [0.29, 0.717) is 0 Å². The number of halogens is 4. The number of nitriles is 1. The summed E-state index contributed by atoms with van der Waals surface area (Å²) >= 11 is 0. The monoisotopic (exact) mass is 206 g/mol. The smallest absolute Gasteiger partial charge is 0.385 e. The van der Waals surface area contributed by atoms with Crippen LogP contribution in [0.1, 0.15) is 5.56 Å². The van der Waals surface area contributed by atoms with E-state index in [9.17, 15) is 17.6 Å². The Hall–Kier alpha value is -1.84. The Balaban J connectivity index is 3.06. The fourth-order valence-corrected chi connectivity index (χ4v) is 0.692. The molecular weight excluding hydrogens is 204 g/mol. The first-order valence-corrected chi connectivity index (χ1v) is 3.24. The van der Waals surface area contributed by atoms with Crippen LogP contribution in [0.2, 0.25) is 0 Å². The van der Waals surface area contributed by atoms with Crippen molar-refractivity contribution in [3.8, 4) is 11.9 Å². The fraction of sp³-hybridized carbons (Fsp3) is 0.143. The van der Waals surface area contributed by atoms with E-state index in [1.807, 2.05) is 0 Å². The lowest BCUT2D eigenvalue weighted by Gasteiger charge is -2.08. The molecule has 1 aromatic heterocycles. The number of hydrogen-bond donors (Lipinski definition) is 0. The van der Waals surface area contributed by atoms with Crippen molar-refractivity contribution in [3.05, 3.63) is 23.6 Å². The first-order chi connectivity index (χ1) is 6.44. The highest BCUT2D eigenvalue weighted by molar-refractivity contribution is 5.33.